The van der Waals surface area contributed by atoms with Gasteiger partial charge in [-0.25, -0.2) is 0 Å². The van der Waals surface area contributed by atoms with Gasteiger partial charge in [0, 0.05) is 19.3 Å². The fourth-order valence-corrected chi connectivity index (χ4v) is 7.57. The number of carboxylic acids is 1. The molecule has 3 fully saturated rings. The third-order valence-electron chi connectivity index (χ3n) is 8.93. The summed E-state index contributed by atoms with van der Waals surface area (Å²) in [7, 11) is 0. The number of carboxylic acid groups (broad SMARTS) is 1. The van der Waals surface area contributed by atoms with Gasteiger partial charge < -0.3 is 14.6 Å². The second-order valence-corrected chi connectivity index (χ2v) is 10.0. The van der Waals surface area contributed by atoms with Crippen LogP contribution in [0.15, 0.2) is 11.6 Å². The van der Waals surface area contributed by atoms with Crippen molar-refractivity contribution in [1.29, 1.82) is 0 Å². The summed E-state index contributed by atoms with van der Waals surface area (Å²) in [5.41, 5.74) is 1.32. The van der Waals surface area contributed by atoms with Crippen LogP contribution in [0.4, 0.5) is 0 Å². The maximum atomic E-state index is 11.9. The minimum atomic E-state index is -1.27. The lowest BCUT2D eigenvalue weighted by Gasteiger charge is -2.58. The average Bonchev–Trinajstić information content (AvgIpc) is 2.97. The summed E-state index contributed by atoms with van der Waals surface area (Å²) in [5, 5.41) is 11.8. The molecule has 0 radical (unpaired) electrons. The van der Waals surface area contributed by atoms with E-state index in [2.05, 4.69) is 13.8 Å². The van der Waals surface area contributed by atoms with E-state index < -0.39 is 18.0 Å². The van der Waals surface area contributed by atoms with Gasteiger partial charge in [-0.1, -0.05) is 19.4 Å². The molecular weight excluding hydrogens is 356 g/mol. The summed E-state index contributed by atoms with van der Waals surface area (Å²) in [6.45, 7) is 5.82. The zero-order chi connectivity index (χ0) is 20.3. The van der Waals surface area contributed by atoms with Crippen molar-refractivity contribution in [3.8, 4) is 0 Å². The molecule has 0 heterocycles. The summed E-state index contributed by atoms with van der Waals surface area (Å²) >= 11 is 0. The van der Waals surface area contributed by atoms with Gasteiger partial charge in [-0.3, -0.25) is 9.59 Å². The first-order valence-corrected chi connectivity index (χ1v) is 10.8. The summed E-state index contributed by atoms with van der Waals surface area (Å²) in [4.78, 5) is 35.2. The van der Waals surface area contributed by atoms with E-state index in [0.717, 1.165) is 44.9 Å². The molecule has 4 aliphatic carbocycles. The van der Waals surface area contributed by atoms with Gasteiger partial charge in [0.1, 0.15) is 6.10 Å². The van der Waals surface area contributed by atoms with E-state index >= 15 is 0 Å². The maximum absolute atomic E-state index is 11.9. The zero-order valence-corrected chi connectivity index (χ0v) is 17.2. The van der Waals surface area contributed by atoms with Gasteiger partial charge in [-0.2, -0.15) is 0 Å². The number of allylic oxidation sites excluding steroid dienone is 1. The minimum Gasteiger partial charge on any atom is -0.546 e. The molecule has 28 heavy (non-hydrogen) atoms. The van der Waals surface area contributed by atoms with Gasteiger partial charge in [0.05, 0.1) is 5.97 Å². The smallest absolute Gasteiger partial charge is 0.303 e. The van der Waals surface area contributed by atoms with Gasteiger partial charge in [0.2, 0.25) is 0 Å². The van der Waals surface area contributed by atoms with Crippen molar-refractivity contribution >= 4 is 17.7 Å². The number of ketones is 1. The molecule has 0 amide bonds. The Bertz CT molecular complexity index is 739. The number of ether oxygens (including phenoxy) is 1. The number of fused-ring (bicyclic) bond motifs is 5. The molecule has 2 unspecified atom stereocenters. The van der Waals surface area contributed by atoms with Crippen LogP contribution in [0, 0.1) is 34.5 Å². The Hall–Kier alpha value is -1.65. The molecule has 0 bridgehead atoms. The van der Waals surface area contributed by atoms with Crippen molar-refractivity contribution in [3.05, 3.63) is 11.6 Å². The lowest BCUT2D eigenvalue weighted by atomic mass is 9.46. The van der Waals surface area contributed by atoms with Gasteiger partial charge in [0.25, 0.3) is 0 Å². The third-order valence-corrected chi connectivity index (χ3v) is 8.93. The Kier molecular flexibility index (Phi) is 4.71. The van der Waals surface area contributed by atoms with E-state index in [-0.39, 0.29) is 22.5 Å². The molecule has 0 saturated heterocycles. The number of rotatable bonds is 3. The van der Waals surface area contributed by atoms with Crippen LogP contribution in [0.5, 0.6) is 0 Å². The highest BCUT2D eigenvalue weighted by atomic mass is 16.6. The van der Waals surface area contributed by atoms with Crippen LogP contribution in [0.2, 0.25) is 0 Å². The monoisotopic (exact) mass is 387 g/mol. The first kappa shape index (κ1) is 19.7. The van der Waals surface area contributed by atoms with Crippen LogP contribution in [0.25, 0.3) is 0 Å². The molecule has 0 aromatic carbocycles. The first-order chi connectivity index (χ1) is 13.2. The van der Waals surface area contributed by atoms with E-state index in [9.17, 15) is 19.5 Å². The highest BCUT2D eigenvalue weighted by Gasteiger charge is 2.60. The van der Waals surface area contributed by atoms with Crippen LogP contribution in [0.1, 0.15) is 72.1 Å². The second kappa shape index (κ2) is 6.70. The first-order valence-electron chi connectivity index (χ1n) is 10.8. The number of aliphatic carboxylic acids is 1. The van der Waals surface area contributed by atoms with Gasteiger partial charge in [-0.05, 0) is 79.6 Å². The SMILES string of the molecule is CC(=O)OC(C(=O)[O-])C1CC[C@H]2[C@@H]3CCC4=CC(=O)CC[C@]4(C)[C@H]3CC[C@]12C. The molecule has 0 aliphatic heterocycles. The molecule has 4 rings (SSSR count). The molecule has 154 valence electrons. The molecule has 4 aliphatic rings. The lowest BCUT2D eigenvalue weighted by Crippen LogP contribution is -2.53. The van der Waals surface area contributed by atoms with Gasteiger partial charge in [-0.15, -0.1) is 0 Å². The standard InChI is InChI=1S/C23H32O5/c1-13(24)28-20(21(26)27)19-7-6-17-16-5-4-14-12-15(25)8-10-22(14,2)18(16)9-11-23(17,19)3/h12,16-20H,4-11H2,1-3H3,(H,26,27)/p-1/t16-,17-,18-,19?,20?,22-,23-/m0/s1. The van der Waals surface area contributed by atoms with Crippen LogP contribution < -0.4 is 5.11 Å². The Morgan fingerprint density at radius 1 is 1.11 bits per heavy atom. The highest BCUT2D eigenvalue weighted by molar-refractivity contribution is 5.91. The quantitative estimate of drug-likeness (QED) is 0.696. The fourth-order valence-electron chi connectivity index (χ4n) is 7.57. The summed E-state index contributed by atoms with van der Waals surface area (Å²) in [5.74, 6) is -0.163. The van der Waals surface area contributed by atoms with Crippen molar-refractivity contribution in [2.24, 2.45) is 34.5 Å². The molecule has 3 saturated carbocycles. The topological polar surface area (TPSA) is 83.5 Å². The van der Waals surface area contributed by atoms with E-state index in [1.807, 2.05) is 6.08 Å². The third kappa shape index (κ3) is 2.84. The van der Waals surface area contributed by atoms with Crippen LogP contribution in [-0.4, -0.2) is 23.8 Å². The van der Waals surface area contributed by atoms with Crippen molar-refractivity contribution in [1.82, 2.24) is 0 Å². The average molecular weight is 387 g/mol. The summed E-state index contributed by atoms with van der Waals surface area (Å²) in [6, 6.07) is 0. The molecule has 0 spiro atoms. The van der Waals surface area contributed by atoms with Crippen molar-refractivity contribution < 1.29 is 24.2 Å². The van der Waals surface area contributed by atoms with Crippen molar-refractivity contribution in [3.63, 3.8) is 0 Å². The molecule has 5 nitrogen and oxygen atoms in total. The van der Waals surface area contributed by atoms with E-state index in [4.69, 9.17) is 4.74 Å². The largest absolute Gasteiger partial charge is 0.546 e. The number of hydrogen-bond acceptors (Lipinski definition) is 5. The number of carbonyl (C=O) groups is 3. The predicted octanol–water partition coefficient (Wildman–Crippen LogP) is 2.82. The number of esters is 1. The second-order valence-electron chi connectivity index (χ2n) is 10.0. The van der Waals surface area contributed by atoms with Crippen LogP contribution in [-0.2, 0) is 19.1 Å². The Balaban J connectivity index is 1.62. The van der Waals surface area contributed by atoms with Crippen LogP contribution >= 0.6 is 0 Å². The summed E-state index contributed by atoms with van der Waals surface area (Å²) in [6.07, 6.45) is 8.18. The molecule has 0 aromatic heterocycles. The number of carbonyl (C=O) groups excluding carboxylic acids is 3. The lowest BCUT2D eigenvalue weighted by molar-refractivity contribution is -0.319. The van der Waals surface area contributed by atoms with Crippen molar-refractivity contribution in [2.45, 2.75) is 78.2 Å². The predicted molar refractivity (Wildman–Crippen MR) is 101 cm³/mol. The number of hydrogen-bond donors (Lipinski definition) is 0. The molecule has 0 aromatic rings. The zero-order valence-electron chi connectivity index (χ0n) is 17.2. The van der Waals surface area contributed by atoms with Crippen LogP contribution in [0.3, 0.4) is 0 Å². The Labute approximate surface area is 166 Å². The molecule has 7 atom stereocenters. The van der Waals surface area contributed by atoms with E-state index in [1.54, 1.807) is 0 Å². The molecule has 5 heteroatoms. The fraction of sp³-hybridized carbons (Fsp3) is 0.783. The maximum Gasteiger partial charge on any atom is 0.303 e. The van der Waals surface area contributed by atoms with Gasteiger partial charge in [0.15, 0.2) is 5.78 Å². The van der Waals surface area contributed by atoms with E-state index in [1.165, 1.54) is 12.5 Å². The normalized spacial score (nSPS) is 43.2. The Morgan fingerprint density at radius 2 is 1.86 bits per heavy atom. The summed E-state index contributed by atoms with van der Waals surface area (Å²) < 4.78 is 5.22. The molecular formula is C23H31O5-. The molecule has 0 N–H and O–H groups in total. The van der Waals surface area contributed by atoms with Crippen molar-refractivity contribution in [2.75, 3.05) is 0 Å². The Morgan fingerprint density at radius 3 is 2.54 bits per heavy atom. The highest BCUT2D eigenvalue weighted by Crippen LogP contribution is 2.67. The van der Waals surface area contributed by atoms with Gasteiger partial charge >= 0.3 is 5.97 Å². The minimum absolute atomic E-state index is 0.111. The van der Waals surface area contributed by atoms with E-state index in [0.29, 0.717) is 24.2 Å².